The van der Waals surface area contributed by atoms with Crippen LogP contribution in [0.1, 0.15) is 37.5 Å². The second-order valence-electron chi connectivity index (χ2n) is 6.42. The van der Waals surface area contributed by atoms with E-state index >= 15 is 0 Å². The average Bonchev–Trinajstić information content (AvgIpc) is 2.45. The van der Waals surface area contributed by atoms with E-state index in [0.717, 1.165) is 16.7 Å². The molecule has 0 heterocycles. The number of aliphatic carboxylic acids is 1. The highest BCUT2D eigenvalue weighted by Crippen LogP contribution is 2.29. The van der Waals surface area contributed by atoms with Gasteiger partial charge in [0.25, 0.3) is 0 Å². The van der Waals surface area contributed by atoms with Crippen LogP contribution in [0.3, 0.4) is 0 Å². The number of ether oxygens (including phenoxy) is 1. The smallest absolute Gasteiger partial charge is 0.307 e. The molecule has 0 saturated carbocycles. The zero-order valence-corrected chi connectivity index (χ0v) is 13.3. The molecule has 3 nitrogen and oxygen atoms in total. The zero-order valence-electron chi connectivity index (χ0n) is 13.3. The van der Waals surface area contributed by atoms with Gasteiger partial charge in [-0.25, -0.2) is 0 Å². The highest BCUT2D eigenvalue weighted by atomic mass is 16.5. The normalized spacial score (nSPS) is 11.2. The fraction of sp³-hybridized carbons (Fsp3) is 0.316. The third kappa shape index (κ3) is 4.35. The van der Waals surface area contributed by atoms with E-state index in [-0.39, 0.29) is 11.8 Å². The third-order valence-corrected chi connectivity index (χ3v) is 3.51. The maximum Gasteiger partial charge on any atom is 0.307 e. The third-order valence-electron chi connectivity index (χ3n) is 3.51. The van der Waals surface area contributed by atoms with Crippen LogP contribution in [0.5, 0.6) is 5.75 Å². The van der Waals surface area contributed by atoms with E-state index in [9.17, 15) is 4.79 Å². The molecule has 0 radical (unpaired) electrons. The molecule has 0 bridgehead atoms. The summed E-state index contributed by atoms with van der Waals surface area (Å²) in [6, 6.07) is 15.7. The number of carboxylic acid groups (broad SMARTS) is 1. The number of hydrogen-bond donors (Lipinski definition) is 1. The van der Waals surface area contributed by atoms with Gasteiger partial charge in [0.1, 0.15) is 12.4 Å². The first kappa shape index (κ1) is 16.1. The van der Waals surface area contributed by atoms with E-state index in [2.05, 4.69) is 20.8 Å². The fourth-order valence-corrected chi connectivity index (χ4v) is 2.22. The van der Waals surface area contributed by atoms with Crippen LogP contribution in [0.4, 0.5) is 0 Å². The molecule has 0 aliphatic rings. The fourth-order valence-electron chi connectivity index (χ4n) is 2.22. The van der Waals surface area contributed by atoms with E-state index in [1.54, 1.807) is 0 Å². The molecule has 116 valence electrons. The lowest BCUT2D eigenvalue weighted by Gasteiger charge is -2.21. The molecular formula is C19H22O3. The number of carboxylic acids is 1. The molecule has 1 N–H and O–H groups in total. The van der Waals surface area contributed by atoms with Crippen molar-refractivity contribution in [1.29, 1.82) is 0 Å². The van der Waals surface area contributed by atoms with E-state index in [1.165, 1.54) is 0 Å². The van der Waals surface area contributed by atoms with Gasteiger partial charge in [0.15, 0.2) is 0 Å². The standard InChI is InChI=1S/C19H22O3/c1-19(2,3)16-9-10-17(15(11-16)12-18(20)21)22-13-14-7-5-4-6-8-14/h4-11H,12-13H2,1-3H3,(H,20,21). The second-order valence-corrected chi connectivity index (χ2v) is 6.42. The van der Waals surface area contributed by atoms with Crippen molar-refractivity contribution >= 4 is 5.97 Å². The second kappa shape index (κ2) is 6.65. The first-order chi connectivity index (χ1) is 10.4. The minimum absolute atomic E-state index is 0.0226. The molecule has 0 spiro atoms. The van der Waals surface area contributed by atoms with Crippen molar-refractivity contribution in [3.8, 4) is 5.75 Å². The number of carbonyl (C=O) groups is 1. The Morgan fingerprint density at radius 3 is 2.36 bits per heavy atom. The molecule has 0 unspecified atom stereocenters. The van der Waals surface area contributed by atoms with Crippen LogP contribution in [0, 0.1) is 0 Å². The van der Waals surface area contributed by atoms with E-state index in [0.29, 0.717) is 12.4 Å². The molecular weight excluding hydrogens is 276 g/mol. The van der Waals surface area contributed by atoms with Crippen molar-refractivity contribution in [1.82, 2.24) is 0 Å². The van der Waals surface area contributed by atoms with Crippen molar-refractivity contribution in [3.63, 3.8) is 0 Å². The van der Waals surface area contributed by atoms with Gasteiger partial charge in [-0.1, -0.05) is 63.2 Å². The molecule has 0 saturated heterocycles. The molecule has 3 heteroatoms. The Balaban J connectivity index is 2.23. The lowest BCUT2D eigenvalue weighted by molar-refractivity contribution is -0.136. The SMILES string of the molecule is CC(C)(C)c1ccc(OCc2ccccc2)c(CC(=O)O)c1. The first-order valence-electron chi connectivity index (χ1n) is 7.38. The summed E-state index contributed by atoms with van der Waals surface area (Å²) in [6.45, 7) is 6.76. The Morgan fingerprint density at radius 1 is 1.09 bits per heavy atom. The molecule has 0 aromatic heterocycles. The Hall–Kier alpha value is -2.29. The summed E-state index contributed by atoms with van der Waals surface area (Å²) in [5.74, 6) is -0.213. The van der Waals surface area contributed by atoms with Crippen molar-refractivity contribution < 1.29 is 14.6 Å². The van der Waals surface area contributed by atoms with Gasteiger partial charge in [0, 0.05) is 5.56 Å². The van der Waals surface area contributed by atoms with Crippen LogP contribution in [-0.2, 0) is 23.2 Å². The predicted molar refractivity (Wildman–Crippen MR) is 87.3 cm³/mol. The Bertz CT molecular complexity index is 639. The summed E-state index contributed by atoms with van der Waals surface area (Å²) in [7, 11) is 0. The summed E-state index contributed by atoms with van der Waals surface area (Å²) >= 11 is 0. The molecule has 2 aromatic rings. The Morgan fingerprint density at radius 2 is 1.77 bits per heavy atom. The highest BCUT2D eigenvalue weighted by molar-refractivity contribution is 5.71. The number of hydrogen-bond acceptors (Lipinski definition) is 2. The van der Waals surface area contributed by atoms with Crippen molar-refractivity contribution in [2.24, 2.45) is 0 Å². The molecule has 0 atom stereocenters. The molecule has 0 fully saturated rings. The molecule has 2 rings (SSSR count). The van der Waals surface area contributed by atoms with Gasteiger partial charge in [-0.2, -0.15) is 0 Å². The lowest BCUT2D eigenvalue weighted by Crippen LogP contribution is -2.13. The van der Waals surface area contributed by atoms with Crippen LogP contribution in [0.15, 0.2) is 48.5 Å². The predicted octanol–water partition coefficient (Wildman–Crippen LogP) is 4.19. The van der Waals surface area contributed by atoms with Gasteiger partial charge in [0.2, 0.25) is 0 Å². The summed E-state index contributed by atoms with van der Waals surface area (Å²) in [5.41, 5.74) is 2.86. The summed E-state index contributed by atoms with van der Waals surface area (Å²) in [4.78, 5) is 11.1. The maximum absolute atomic E-state index is 11.1. The minimum Gasteiger partial charge on any atom is -0.489 e. The van der Waals surface area contributed by atoms with Gasteiger partial charge >= 0.3 is 5.97 Å². The van der Waals surface area contributed by atoms with E-state index < -0.39 is 5.97 Å². The summed E-state index contributed by atoms with van der Waals surface area (Å²) < 4.78 is 5.83. The number of benzene rings is 2. The van der Waals surface area contributed by atoms with E-state index in [1.807, 2.05) is 48.5 Å². The zero-order chi connectivity index (χ0) is 16.2. The van der Waals surface area contributed by atoms with Crippen LogP contribution in [0.25, 0.3) is 0 Å². The van der Waals surface area contributed by atoms with Gasteiger partial charge in [-0.05, 0) is 22.6 Å². The van der Waals surface area contributed by atoms with Crippen molar-refractivity contribution in [2.75, 3.05) is 0 Å². The van der Waals surface area contributed by atoms with Gasteiger partial charge < -0.3 is 9.84 Å². The Labute approximate surface area is 131 Å². The van der Waals surface area contributed by atoms with Crippen LogP contribution in [-0.4, -0.2) is 11.1 Å². The van der Waals surface area contributed by atoms with Crippen molar-refractivity contribution in [2.45, 2.75) is 39.2 Å². The van der Waals surface area contributed by atoms with Crippen molar-refractivity contribution in [3.05, 3.63) is 65.2 Å². The molecule has 0 aliphatic heterocycles. The minimum atomic E-state index is -0.851. The quantitative estimate of drug-likeness (QED) is 0.900. The van der Waals surface area contributed by atoms with Gasteiger partial charge in [0.05, 0.1) is 6.42 Å². The molecule has 22 heavy (non-hydrogen) atoms. The van der Waals surface area contributed by atoms with Crippen LogP contribution < -0.4 is 4.74 Å². The maximum atomic E-state index is 11.1. The topological polar surface area (TPSA) is 46.5 Å². The summed E-state index contributed by atoms with van der Waals surface area (Å²) in [6.07, 6.45) is -0.0337. The largest absolute Gasteiger partial charge is 0.489 e. The van der Waals surface area contributed by atoms with Crippen LogP contribution in [0.2, 0.25) is 0 Å². The number of rotatable bonds is 5. The van der Waals surface area contributed by atoms with Crippen LogP contribution >= 0.6 is 0 Å². The average molecular weight is 298 g/mol. The molecule has 2 aromatic carbocycles. The monoisotopic (exact) mass is 298 g/mol. The molecule has 0 amide bonds. The summed E-state index contributed by atoms with van der Waals surface area (Å²) in [5, 5.41) is 9.11. The van der Waals surface area contributed by atoms with Gasteiger partial charge in [-0.3, -0.25) is 4.79 Å². The first-order valence-corrected chi connectivity index (χ1v) is 7.38. The lowest BCUT2D eigenvalue weighted by atomic mass is 9.85. The molecule has 0 aliphatic carbocycles. The Kier molecular flexibility index (Phi) is 4.86. The van der Waals surface area contributed by atoms with E-state index in [4.69, 9.17) is 9.84 Å². The van der Waals surface area contributed by atoms with Gasteiger partial charge in [-0.15, -0.1) is 0 Å². The highest BCUT2D eigenvalue weighted by Gasteiger charge is 2.17.